The van der Waals surface area contributed by atoms with Crippen LogP contribution >= 0.6 is 11.6 Å². The highest BCUT2D eigenvalue weighted by Gasteiger charge is 2.23. The summed E-state index contributed by atoms with van der Waals surface area (Å²) >= 11 is 5.74. The molecule has 0 aliphatic carbocycles. The molecule has 144 valence electrons. The Morgan fingerprint density at radius 2 is 1.67 bits per heavy atom. The molecule has 0 radical (unpaired) electrons. The Morgan fingerprint density at radius 1 is 1.07 bits per heavy atom. The zero-order valence-corrected chi connectivity index (χ0v) is 16.4. The molecule has 0 unspecified atom stereocenters. The number of carbonyl (C=O) groups excluding carboxylic acids is 2. The summed E-state index contributed by atoms with van der Waals surface area (Å²) in [6, 6.07) is 12.7. The highest BCUT2D eigenvalue weighted by atomic mass is 35.5. The lowest BCUT2D eigenvalue weighted by Gasteiger charge is -2.16. The molecule has 2 aromatic rings. The van der Waals surface area contributed by atoms with Crippen LogP contribution < -0.4 is 5.32 Å². The van der Waals surface area contributed by atoms with Gasteiger partial charge in [-0.25, -0.2) is 8.42 Å². The number of likely N-dealkylation sites (N-methyl/N-ethyl adjacent to an activating group) is 1. The minimum absolute atomic E-state index is 0.000635. The van der Waals surface area contributed by atoms with Crippen LogP contribution in [-0.2, 0) is 24.3 Å². The maximum atomic E-state index is 12.4. The van der Waals surface area contributed by atoms with Crippen molar-refractivity contribution in [1.29, 1.82) is 0 Å². The van der Waals surface area contributed by atoms with Gasteiger partial charge in [-0.05, 0) is 43.3 Å². The van der Waals surface area contributed by atoms with E-state index in [4.69, 9.17) is 16.3 Å². The van der Waals surface area contributed by atoms with Crippen molar-refractivity contribution in [2.24, 2.45) is 0 Å². The van der Waals surface area contributed by atoms with Crippen molar-refractivity contribution in [1.82, 2.24) is 4.31 Å². The van der Waals surface area contributed by atoms with Crippen molar-refractivity contribution in [3.8, 4) is 0 Å². The van der Waals surface area contributed by atoms with Crippen LogP contribution in [0.3, 0.4) is 0 Å². The van der Waals surface area contributed by atoms with Gasteiger partial charge in [0.25, 0.3) is 5.91 Å². The van der Waals surface area contributed by atoms with Crippen LogP contribution in [0.25, 0.3) is 0 Å². The number of aryl methyl sites for hydroxylation is 1. The number of halogens is 1. The smallest absolute Gasteiger partial charge is 0.321 e. The summed E-state index contributed by atoms with van der Waals surface area (Å²) in [7, 11) is -2.62. The van der Waals surface area contributed by atoms with Gasteiger partial charge in [0.2, 0.25) is 10.0 Å². The van der Waals surface area contributed by atoms with Gasteiger partial charge in [0, 0.05) is 17.8 Å². The maximum Gasteiger partial charge on any atom is 0.321 e. The van der Waals surface area contributed by atoms with Crippen molar-refractivity contribution < 1.29 is 22.7 Å². The average Bonchev–Trinajstić information content (AvgIpc) is 2.62. The molecule has 0 aliphatic heterocycles. The van der Waals surface area contributed by atoms with Gasteiger partial charge in [-0.3, -0.25) is 9.59 Å². The van der Waals surface area contributed by atoms with Crippen molar-refractivity contribution in [3.05, 3.63) is 59.1 Å². The van der Waals surface area contributed by atoms with E-state index in [0.717, 1.165) is 9.87 Å². The van der Waals surface area contributed by atoms with Gasteiger partial charge < -0.3 is 10.1 Å². The third-order valence-electron chi connectivity index (χ3n) is 3.57. The van der Waals surface area contributed by atoms with Crippen molar-refractivity contribution in [2.75, 3.05) is 25.5 Å². The van der Waals surface area contributed by atoms with Crippen LogP contribution in [0.2, 0.25) is 5.02 Å². The number of benzene rings is 2. The topological polar surface area (TPSA) is 92.8 Å². The van der Waals surface area contributed by atoms with E-state index in [1.54, 1.807) is 12.1 Å². The van der Waals surface area contributed by atoms with Crippen LogP contribution in [0.15, 0.2) is 53.4 Å². The van der Waals surface area contributed by atoms with Gasteiger partial charge >= 0.3 is 5.97 Å². The largest absolute Gasteiger partial charge is 0.455 e. The van der Waals surface area contributed by atoms with Gasteiger partial charge in [-0.1, -0.05) is 29.3 Å². The van der Waals surface area contributed by atoms with Crippen LogP contribution in [0.5, 0.6) is 0 Å². The molecule has 2 aromatic carbocycles. The number of sulfonamides is 1. The zero-order valence-electron chi connectivity index (χ0n) is 14.8. The number of nitrogens with one attached hydrogen (secondary N) is 1. The molecule has 0 bridgehead atoms. The first-order chi connectivity index (χ1) is 12.7. The summed E-state index contributed by atoms with van der Waals surface area (Å²) in [6.07, 6.45) is 0. The van der Waals surface area contributed by atoms with E-state index in [2.05, 4.69) is 5.32 Å². The van der Waals surface area contributed by atoms with Crippen LogP contribution in [0.1, 0.15) is 5.56 Å². The van der Waals surface area contributed by atoms with Gasteiger partial charge in [0.05, 0.1) is 4.90 Å². The molecule has 0 saturated carbocycles. The predicted octanol–water partition coefficient (Wildman–Crippen LogP) is 2.45. The third-order valence-corrected chi connectivity index (χ3v) is 5.64. The number of nitrogens with zero attached hydrogens (tertiary/aromatic N) is 1. The van der Waals surface area contributed by atoms with Crippen LogP contribution in [-0.4, -0.2) is 44.8 Å². The zero-order chi connectivity index (χ0) is 20.0. The lowest BCUT2D eigenvalue weighted by molar-refractivity contribution is -0.147. The number of amides is 1. The van der Waals surface area contributed by atoms with Crippen LogP contribution in [0.4, 0.5) is 5.69 Å². The van der Waals surface area contributed by atoms with Crippen molar-refractivity contribution in [2.45, 2.75) is 11.8 Å². The molecule has 0 atom stereocenters. The first-order valence-electron chi connectivity index (χ1n) is 7.92. The number of rotatable bonds is 7. The quantitative estimate of drug-likeness (QED) is 0.708. The van der Waals surface area contributed by atoms with E-state index in [-0.39, 0.29) is 4.90 Å². The summed E-state index contributed by atoms with van der Waals surface area (Å²) in [5.41, 5.74) is 1.62. The highest BCUT2D eigenvalue weighted by molar-refractivity contribution is 7.89. The molecule has 0 heterocycles. The summed E-state index contributed by atoms with van der Waals surface area (Å²) in [5.74, 6) is -1.36. The molecule has 0 saturated heterocycles. The Labute approximate surface area is 162 Å². The van der Waals surface area contributed by atoms with Gasteiger partial charge in [-0.2, -0.15) is 4.31 Å². The molecule has 0 fully saturated rings. The summed E-state index contributed by atoms with van der Waals surface area (Å²) in [6.45, 7) is 0.881. The average molecular weight is 411 g/mol. The molecule has 0 spiro atoms. The minimum Gasteiger partial charge on any atom is -0.455 e. The molecule has 0 aliphatic rings. The van der Waals surface area contributed by atoms with Gasteiger partial charge in [0.15, 0.2) is 6.61 Å². The number of ether oxygens (including phenoxy) is 1. The lowest BCUT2D eigenvalue weighted by Crippen LogP contribution is -2.34. The SMILES string of the molecule is Cc1ccc(NC(=O)COC(=O)CN(C)S(=O)(=O)c2ccc(Cl)cc2)cc1. The lowest BCUT2D eigenvalue weighted by atomic mass is 10.2. The fourth-order valence-corrected chi connectivity index (χ4v) is 3.32. The van der Waals surface area contributed by atoms with Gasteiger partial charge in [-0.15, -0.1) is 0 Å². The summed E-state index contributed by atoms with van der Waals surface area (Å²) in [4.78, 5) is 23.7. The molecule has 7 nitrogen and oxygen atoms in total. The van der Waals surface area contributed by atoms with E-state index in [0.29, 0.717) is 10.7 Å². The second-order valence-electron chi connectivity index (χ2n) is 5.79. The number of hydrogen-bond acceptors (Lipinski definition) is 5. The van der Waals surface area contributed by atoms with E-state index in [9.17, 15) is 18.0 Å². The number of carbonyl (C=O) groups is 2. The van der Waals surface area contributed by atoms with E-state index in [1.165, 1.54) is 31.3 Å². The fraction of sp³-hybridized carbons (Fsp3) is 0.222. The first-order valence-corrected chi connectivity index (χ1v) is 9.74. The second kappa shape index (κ2) is 8.98. The molecule has 2 rings (SSSR count). The van der Waals surface area contributed by atoms with E-state index < -0.39 is 35.1 Å². The Balaban J connectivity index is 1.86. The molecular weight excluding hydrogens is 392 g/mol. The second-order valence-corrected chi connectivity index (χ2v) is 8.27. The van der Waals surface area contributed by atoms with E-state index in [1.807, 2.05) is 19.1 Å². The molecule has 1 amide bonds. The highest BCUT2D eigenvalue weighted by Crippen LogP contribution is 2.17. The minimum atomic E-state index is -3.87. The summed E-state index contributed by atoms with van der Waals surface area (Å²) < 4.78 is 30.4. The van der Waals surface area contributed by atoms with Crippen molar-refractivity contribution in [3.63, 3.8) is 0 Å². The Kier molecular flexibility index (Phi) is 6.95. The van der Waals surface area contributed by atoms with E-state index >= 15 is 0 Å². The number of hydrogen-bond donors (Lipinski definition) is 1. The fourth-order valence-electron chi connectivity index (χ4n) is 2.08. The number of esters is 1. The summed E-state index contributed by atoms with van der Waals surface area (Å²) in [5, 5.41) is 2.98. The molecule has 1 N–H and O–H groups in total. The Morgan fingerprint density at radius 3 is 2.26 bits per heavy atom. The monoisotopic (exact) mass is 410 g/mol. The van der Waals surface area contributed by atoms with Crippen molar-refractivity contribution >= 4 is 39.2 Å². The molecule has 9 heteroatoms. The predicted molar refractivity (Wildman–Crippen MR) is 102 cm³/mol. The molecular formula is C18H19ClN2O5S. The van der Waals surface area contributed by atoms with Gasteiger partial charge in [0.1, 0.15) is 6.54 Å². The first kappa shape index (κ1) is 20.9. The molecule has 0 aromatic heterocycles. The third kappa shape index (κ3) is 6.06. The number of anilines is 1. The Bertz CT molecular complexity index is 912. The Hall–Kier alpha value is -2.42. The normalized spacial score (nSPS) is 11.3. The van der Waals surface area contributed by atoms with Crippen LogP contribution in [0, 0.1) is 6.92 Å². The molecule has 27 heavy (non-hydrogen) atoms. The maximum absolute atomic E-state index is 12.4. The standard InChI is InChI=1S/C18H19ClN2O5S/c1-13-3-7-15(8-4-13)20-17(22)12-26-18(23)11-21(2)27(24,25)16-9-5-14(19)6-10-16/h3-10H,11-12H2,1-2H3,(H,20,22).